The van der Waals surface area contributed by atoms with Gasteiger partial charge >= 0.3 is 0 Å². The molecule has 4 N–H and O–H groups in total. The summed E-state index contributed by atoms with van der Waals surface area (Å²) >= 11 is 0. The molecule has 1 rings (SSSR count). The molecule has 0 saturated heterocycles. The van der Waals surface area contributed by atoms with E-state index in [0.717, 1.165) is 12.0 Å². The number of anilines is 1. The first-order chi connectivity index (χ1) is 5.24. The van der Waals surface area contributed by atoms with Crippen molar-refractivity contribution in [1.29, 1.82) is 0 Å². The van der Waals surface area contributed by atoms with Crippen LogP contribution < -0.4 is 11.5 Å². The van der Waals surface area contributed by atoms with Gasteiger partial charge in [-0.2, -0.15) is 0 Å². The summed E-state index contributed by atoms with van der Waals surface area (Å²) in [5.74, 6) is 0. The number of pyridine rings is 1. The summed E-state index contributed by atoms with van der Waals surface area (Å²) in [6.07, 6.45) is 4.28. The SMILES string of the molecule is CC[C@@H](N)c1cncc(N)c1. The maximum atomic E-state index is 5.77. The second-order valence-electron chi connectivity index (χ2n) is 2.57. The quantitative estimate of drug-likeness (QED) is 0.664. The van der Waals surface area contributed by atoms with Crippen molar-refractivity contribution in [1.82, 2.24) is 4.98 Å². The Kier molecular flexibility index (Phi) is 2.44. The molecule has 1 aromatic heterocycles. The Balaban J connectivity index is 2.86. The highest BCUT2D eigenvalue weighted by molar-refractivity contribution is 5.37. The van der Waals surface area contributed by atoms with Crippen LogP contribution in [-0.2, 0) is 0 Å². The normalized spacial score (nSPS) is 12.9. The van der Waals surface area contributed by atoms with Gasteiger partial charge < -0.3 is 11.5 Å². The van der Waals surface area contributed by atoms with Crippen molar-refractivity contribution >= 4 is 5.69 Å². The van der Waals surface area contributed by atoms with Crippen molar-refractivity contribution in [2.75, 3.05) is 5.73 Å². The highest BCUT2D eigenvalue weighted by Crippen LogP contribution is 2.13. The van der Waals surface area contributed by atoms with Crippen molar-refractivity contribution in [3.05, 3.63) is 24.0 Å². The zero-order valence-electron chi connectivity index (χ0n) is 6.62. The zero-order chi connectivity index (χ0) is 8.27. The minimum Gasteiger partial charge on any atom is -0.397 e. The van der Waals surface area contributed by atoms with E-state index in [1.165, 1.54) is 0 Å². The lowest BCUT2D eigenvalue weighted by Gasteiger charge is -2.07. The Labute approximate surface area is 66.4 Å². The number of hydrogen-bond donors (Lipinski definition) is 2. The Morgan fingerprint density at radius 3 is 2.82 bits per heavy atom. The summed E-state index contributed by atoms with van der Waals surface area (Å²) in [6, 6.07) is 1.92. The van der Waals surface area contributed by atoms with E-state index in [4.69, 9.17) is 11.5 Å². The van der Waals surface area contributed by atoms with Gasteiger partial charge in [0.2, 0.25) is 0 Å². The Morgan fingerprint density at radius 1 is 1.55 bits per heavy atom. The smallest absolute Gasteiger partial charge is 0.0503 e. The van der Waals surface area contributed by atoms with Gasteiger partial charge in [-0.15, -0.1) is 0 Å². The predicted molar refractivity (Wildman–Crippen MR) is 45.9 cm³/mol. The van der Waals surface area contributed by atoms with E-state index in [2.05, 4.69) is 4.98 Å². The molecule has 0 aliphatic heterocycles. The molecular weight excluding hydrogens is 138 g/mol. The zero-order valence-corrected chi connectivity index (χ0v) is 6.62. The fraction of sp³-hybridized carbons (Fsp3) is 0.375. The molecule has 0 spiro atoms. The van der Waals surface area contributed by atoms with Crippen LogP contribution in [0.2, 0.25) is 0 Å². The van der Waals surface area contributed by atoms with Gasteiger partial charge in [0, 0.05) is 18.4 Å². The van der Waals surface area contributed by atoms with E-state index in [9.17, 15) is 0 Å². The van der Waals surface area contributed by atoms with Crippen molar-refractivity contribution in [2.45, 2.75) is 19.4 Å². The molecule has 0 amide bonds. The largest absolute Gasteiger partial charge is 0.397 e. The van der Waals surface area contributed by atoms with E-state index in [-0.39, 0.29) is 6.04 Å². The van der Waals surface area contributed by atoms with E-state index in [0.29, 0.717) is 5.69 Å². The average Bonchev–Trinajstić information content (AvgIpc) is 2.03. The van der Waals surface area contributed by atoms with Crippen LogP contribution in [0.4, 0.5) is 5.69 Å². The van der Waals surface area contributed by atoms with Gasteiger partial charge in [0.05, 0.1) is 5.69 Å². The molecule has 3 nitrogen and oxygen atoms in total. The summed E-state index contributed by atoms with van der Waals surface area (Å²) < 4.78 is 0. The van der Waals surface area contributed by atoms with E-state index >= 15 is 0 Å². The molecule has 1 aromatic rings. The van der Waals surface area contributed by atoms with Crippen LogP contribution in [0.1, 0.15) is 24.9 Å². The summed E-state index contributed by atoms with van der Waals surface area (Å²) in [5.41, 5.74) is 13.0. The van der Waals surface area contributed by atoms with E-state index < -0.39 is 0 Å². The third kappa shape index (κ3) is 1.91. The van der Waals surface area contributed by atoms with Crippen LogP contribution in [0.5, 0.6) is 0 Å². The van der Waals surface area contributed by atoms with E-state index in [1.807, 2.05) is 13.0 Å². The first kappa shape index (κ1) is 8.01. The van der Waals surface area contributed by atoms with Gasteiger partial charge in [-0.1, -0.05) is 6.92 Å². The second-order valence-corrected chi connectivity index (χ2v) is 2.57. The summed E-state index contributed by atoms with van der Waals surface area (Å²) in [6.45, 7) is 2.04. The van der Waals surface area contributed by atoms with Crippen LogP contribution in [-0.4, -0.2) is 4.98 Å². The van der Waals surface area contributed by atoms with Gasteiger partial charge in [-0.25, -0.2) is 0 Å². The predicted octanol–water partition coefficient (Wildman–Crippen LogP) is 1.07. The van der Waals surface area contributed by atoms with Crippen LogP contribution in [0.15, 0.2) is 18.5 Å². The molecule has 0 bridgehead atoms. The Hall–Kier alpha value is -1.09. The monoisotopic (exact) mass is 151 g/mol. The molecule has 0 aromatic carbocycles. The topological polar surface area (TPSA) is 64.9 Å². The van der Waals surface area contributed by atoms with Crippen LogP contribution >= 0.6 is 0 Å². The maximum Gasteiger partial charge on any atom is 0.0503 e. The standard InChI is InChI=1S/C8H13N3/c1-2-8(10)6-3-7(9)5-11-4-6/h3-5,8H,2,9-10H2,1H3/t8-/m1/s1. The van der Waals surface area contributed by atoms with Crippen molar-refractivity contribution in [3.8, 4) is 0 Å². The van der Waals surface area contributed by atoms with Gasteiger partial charge in [-0.05, 0) is 18.1 Å². The Morgan fingerprint density at radius 2 is 2.27 bits per heavy atom. The molecule has 60 valence electrons. The fourth-order valence-electron chi connectivity index (χ4n) is 0.915. The van der Waals surface area contributed by atoms with Gasteiger partial charge in [-0.3, -0.25) is 4.98 Å². The molecule has 0 saturated carbocycles. The fourth-order valence-corrected chi connectivity index (χ4v) is 0.915. The van der Waals surface area contributed by atoms with Gasteiger partial charge in [0.25, 0.3) is 0 Å². The average molecular weight is 151 g/mol. The van der Waals surface area contributed by atoms with Crippen molar-refractivity contribution < 1.29 is 0 Å². The van der Waals surface area contributed by atoms with Crippen molar-refractivity contribution in [3.63, 3.8) is 0 Å². The first-order valence-corrected chi connectivity index (χ1v) is 3.70. The minimum absolute atomic E-state index is 0.0611. The summed E-state index contributed by atoms with van der Waals surface area (Å²) in [4.78, 5) is 3.95. The molecule has 0 fully saturated rings. The van der Waals surface area contributed by atoms with Crippen LogP contribution in [0, 0.1) is 0 Å². The van der Waals surface area contributed by atoms with Gasteiger partial charge in [0.1, 0.15) is 0 Å². The summed E-state index contributed by atoms with van der Waals surface area (Å²) in [7, 11) is 0. The number of hydrogen-bond acceptors (Lipinski definition) is 3. The lowest BCUT2D eigenvalue weighted by atomic mass is 10.1. The third-order valence-electron chi connectivity index (χ3n) is 1.65. The molecule has 1 atom stereocenters. The van der Waals surface area contributed by atoms with Crippen LogP contribution in [0.25, 0.3) is 0 Å². The maximum absolute atomic E-state index is 5.77. The minimum atomic E-state index is 0.0611. The second kappa shape index (κ2) is 3.34. The van der Waals surface area contributed by atoms with Crippen LogP contribution in [0.3, 0.4) is 0 Å². The van der Waals surface area contributed by atoms with E-state index in [1.54, 1.807) is 12.4 Å². The number of aromatic nitrogens is 1. The molecule has 0 radical (unpaired) electrons. The Bertz CT molecular complexity index is 235. The molecular formula is C8H13N3. The third-order valence-corrected chi connectivity index (χ3v) is 1.65. The molecule has 0 aliphatic carbocycles. The lowest BCUT2D eigenvalue weighted by Crippen LogP contribution is -2.09. The van der Waals surface area contributed by atoms with Crippen molar-refractivity contribution in [2.24, 2.45) is 5.73 Å². The molecule has 1 heterocycles. The molecule has 0 aliphatic rings. The summed E-state index contributed by atoms with van der Waals surface area (Å²) in [5, 5.41) is 0. The number of rotatable bonds is 2. The number of nitrogens with zero attached hydrogens (tertiary/aromatic N) is 1. The molecule has 11 heavy (non-hydrogen) atoms. The molecule has 0 unspecified atom stereocenters. The lowest BCUT2D eigenvalue weighted by molar-refractivity contribution is 0.695. The molecule has 3 heteroatoms. The highest BCUT2D eigenvalue weighted by Gasteiger charge is 2.02. The first-order valence-electron chi connectivity index (χ1n) is 3.70. The number of nitrogen functional groups attached to an aromatic ring is 1. The van der Waals surface area contributed by atoms with Gasteiger partial charge in [0.15, 0.2) is 0 Å². The number of nitrogens with two attached hydrogens (primary N) is 2. The highest BCUT2D eigenvalue weighted by atomic mass is 14.7.